The molecule has 5 nitrogen and oxygen atoms in total. The largest absolute Gasteiger partial charge is 0.494 e. The molecule has 2 aliphatic rings. The summed E-state index contributed by atoms with van der Waals surface area (Å²) >= 11 is 6.08. The fourth-order valence-electron chi connectivity index (χ4n) is 4.92. The van der Waals surface area contributed by atoms with Crippen LogP contribution in [0, 0.1) is 12.8 Å². The highest BCUT2D eigenvalue weighted by atomic mass is 35.5. The number of halogens is 1. The van der Waals surface area contributed by atoms with Crippen LogP contribution < -0.4 is 14.8 Å². The number of hydrogen-bond acceptors (Lipinski definition) is 4. The van der Waals surface area contributed by atoms with Gasteiger partial charge in [0.25, 0.3) is 10.0 Å². The molecule has 0 amide bonds. The van der Waals surface area contributed by atoms with Crippen LogP contribution in [0.25, 0.3) is 0 Å². The zero-order valence-electron chi connectivity index (χ0n) is 19.1. The van der Waals surface area contributed by atoms with E-state index < -0.39 is 10.0 Å². The Kier molecular flexibility index (Phi) is 6.04. The maximum absolute atomic E-state index is 13.2. The van der Waals surface area contributed by atoms with E-state index in [9.17, 15) is 8.42 Å². The molecule has 0 bridgehead atoms. The molecular weight excluding hydrogens is 468 g/mol. The number of aryl methyl sites for hydroxylation is 1. The van der Waals surface area contributed by atoms with Crippen LogP contribution in [-0.2, 0) is 10.0 Å². The van der Waals surface area contributed by atoms with Gasteiger partial charge < -0.3 is 10.1 Å². The second-order valence-corrected chi connectivity index (χ2v) is 10.9. The van der Waals surface area contributed by atoms with Crippen molar-refractivity contribution in [3.05, 3.63) is 94.5 Å². The number of ether oxygens (including phenoxy) is 1. The number of sulfonamides is 1. The van der Waals surface area contributed by atoms with Crippen molar-refractivity contribution in [1.82, 2.24) is 0 Å². The Bertz CT molecular complexity index is 1350. The first-order valence-electron chi connectivity index (χ1n) is 11.4. The van der Waals surface area contributed by atoms with E-state index in [-0.39, 0.29) is 16.9 Å². The van der Waals surface area contributed by atoms with E-state index in [1.807, 2.05) is 32.0 Å². The van der Waals surface area contributed by atoms with Crippen LogP contribution in [-0.4, -0.2) is 15.0 Å². The topological polar surface area (TPSA) is 67.4 Å². The van der Waals surface area contributed by atoms with Crippen LogP contribution in [0.1, 0.15) is 42.0 Å². The average molecular weight is 495 g/mol. The smallest absolute Gasteiger partial charge is 0.261 e. The van der Waals surface area contributed by atoms with Crippen molar-refractivity contribution >= 4 is 33.0 Å². The van der Waals surface area contributed by atoms with E-state index in [1.54, 1.807) is 30.3 Å². The van der Waals surface area contributed by atoms with Crippen molar-refractivity contribution in [3.63, 3.8) is 0 Å². The molecular formula is C27H27ClN2O3S. The normalized spacial score (nSPS) is 20.9. The molecule has 0 fully saturated rings. The summed E-state index contributed by atoms with van der Waals surface area (Å²) in [6, 6.07) is 18.9. The molecule has 0 aromatic heterocycles. The molecule has 0 unspecified atom stereocenters. The molecule has 5 rings (SSSR count). The standard InChI is InChI=1S/C27H27ClN2O3S/c1-3-33-20-11-8-18(9-12-20)27-23-6-4-5-22(23)24-16-21(13-14-25(24)29-27)34(31,32)30-26-15-19(28)10-7-17(26)2/h4-5,7-16,22-23,27,29-30H,3,6H2,1-2H3/t22-,23+,27+/m0/s1. The lowest BCUT2D eigenvalue weighted by Crippen LogP contribution is -2.29. The van der Waals surface area contributed by atoms with Gasteiger partial charge in [0.2, 0.25) is 0 Å². The Morgan fingerprint density at radius 3 is 2.65 bits per heavy atom. The van der Waals surface area contributed by atoms with E-state index >= 15 is 0 Å². The first-order valence-corrected chi connectivity index (χ1v) is 13.3. The maximum Gasteiger partial charge on any atom is 0.261 e. The highest BCUT2D eigenvalue weighted by Crippen LogP contribution is 2.50. The predicted octanol–water partition coefficient (Wildman–Crippen LogP) is 6.67. The summed E-state index contributed by atoms with van der Waals surface area (Å²) in [6.07, 6.45) is 5.34. The molecule has 1 aliphatic heterocycles. The second-order valence-electron chi connectivity index (χ2n) is 8.79. The van der Waals surface area contributed by atoms with E-state index in [0.717, 1.165) is 29.0 Å². The summed E-state index contributed by atoms with van der Waals surface area (Å²) in [5.41, 5.74) is 4.46. The number of fused-ring (bicyclic) bond motifs is 3. The van der Waals surface area contributed by atoms with Gasteiger partial charge in [-0.2, -0.15) is 0 Å². The zero-order valence-corrected chi connectivity index (χ0v) is 20.7. The molecule has 3 atom stereocenters. The number of hydrogen-bond donors (Lipinski definition) is 2. The summed E-state index contributed by atoms with van der Waals surface area (Å²) in [6.45, 7) is 4.46. The predicted molar refractivity (Wildman–Crippen MR) is 137 cm³/mol. The average Bonchev–Trinajstić information content (AvgIpc) is 3.32. The number of benzene rings is 3. The van der Waals surface area contributed by atoms with Gasteiger partial charge >= 0.3 is 0 Å². The lowest BCUT2D eigenvalue weighted by Gasteiger charge is -2.37. The van der Waals surface area contributed by atoms with Crippen LogP contribution in [0.5, 0.6) is 5.75 Å². The summed E-state index contributed by atoms with van der Waals surface area (Å²) < 4.78 is 34.7. The van der Waals surface area contributed by atoms with Crippen molar-refractivity contribution < 1.29 is 13.2 Å². The lowest BCUT2D eigenvalue weighted by molar-refractivity contribution is 0.340. The SMILES string of the molecule is CCOc1ccc([C@H]2Nc3ccc(S(=O)(=O)Nc4cc(Cl)ccc4C)cc3[C@H]3C=CC[C@H]32)cc1. The minimum Gasteiger partial charge on any atom is -0.494 e. The van der Waals surface area contributed by atoms with Crippen LogP contribution >= 0.6 is 11.6 Å². The number of allylic oxidation sites excluding steroid dienone is 2. The Morgan fingerprint density at radius 2 is 1.88 bits per heavy atom. The van der Waals surface area contributed by atoms with Crippen LogP contribution in [0.3, 0.4) is 0 Å². The summed E-state index contributed by atoms with van der Waals surface area (Å²) in [5.74, 6) is 1.32. The van der Waals surface area contributed by atoms with Crippen molar-refractivity contribution in [2.24, 2.45) is 5.92 Å². The fourth-order valence-corrected chi connectivity index (χ4v) is 6.24. The van der Waals surface area contributed by atoms with E-state index in [4.69, 9.17) is 16.3 Å². The molecule has 0 radical (unpaired) electrons. The monoisotopic (exact) mass is 494 g/mol. The maximum atomic E-state index is 13.2. The summed E-state index contributed by atoms with van der Waals surface area (Å²) in [7, 11) is -3.77. The second kappa shape index (κ2) is 9.01. The van der Waals surface area contributed by atoms with E-state index in [2.05, 4.69) is 34.3 Å². The first kappa shape index (κ1) is 22.8. The van der Waals surface area contributed by atoms with Gasteiger partial charge in [0.15, 0.2) is 0 Å². The van der Waals surface area contributed by atoms with Gasteiger partial charge in [0.1, 0.15) is 5.75 Å². The molecule has 0 spiro atoms. The third-order valence-electron chi connectivity index (χ3n) is 6.64. The third-order valence-corrected chi connectivity index (χ3v) is 8.24. The number of anilines is 2. The van der Waals surface area contributed by atoms with E-state index in [0.29, 0.717) is 23.2 Å². The minimum absolute atomic E-state index is 0.137. The van der Waals surface area contributed by atoms with Gasteiger partial charge in [-0.15, -0.1) is 0 Å². The molecule has 0 saturated carbocycles. The quantitative estimate of drug-likeness (QED) is 0.375. The molecule has 1 heterocycles. The Morgan fingerprint density at radius 1 is 1.09 bits per heavy atom. The highest BCUT2D eigenvalue weighted by molar-refractivity contribution is 7.92. The lowest BCUT2D eigenvalue weighted by atomic mass is 9.77. The molecule has 0 saturated heterocycles. The number of rotatable bonds is 6. The van der Waals surface area contributed by atoms with Gasteiger partial charge in [0, 0.05) is 16.6 Å². The van der Waals surface area contributed by atoms with Gasteiger partial charge in [0.05, 0.1) is 23.2 Å². The van der Waals surface area contributed by atoms with Crippen LogP contribution in [0.4, 0.5) is 11.4 Å². The van der Waals surface area contributed by atoms with E-state index in [1.165, 1.54) is 5.56 Å². The van der Waals surface area contributed by atoms with Crippen LogP contribution in [0.15, 0.2) is 77.7 Å². The molecule has 34 heavy (non-hydrogen) atoms. The molecule has 3 aromatic rings. The third kappa shape index (κ3) is 4.28. The van der Waals surface area contributed by atoms with Crippen molar-refractivity contribution in [1.29, 1.82) is 0 Å². The van der Waals surface area contributed by atoms with Gasteiger partial charge in [-0.05, 0) is 85.3 Å². The van der Waals surface area contributed by atoms with Gasteiger partial charge in [-0.1, -0.05) is 42.0 Å². The Labute approximate surface area is 205 Å². The minimum atomic E-state index is -3.77. The van der Waals surface area contributed by atoms with Gasteiger partial charge in [-0.25, -0.2) is 8.42 Å². The van der Waals surface area contributed by atoms with Crippen molar-refractivity contribution in [2.45, 2.75) is 37.1 Å². The molecule has 2 N–H and O–H groups in total. The molecule has 3 aromatic carbocycles. The summed E-state index contributed by atoms with van der Waals surface area (Å²) in [5, 5.41) is 4.15. The molecule has 7 heteroatoms. The number of nitrogens with one attached hydrogen (secondary N) is 2. The Hall–Kier alpha value is -2.96. The summed E-state index contributed by atoms with van der Waals surface area (Å²) in [4.78, 5) is 0.242. The molecule has 176 valence electrons. The zero-order chi connectivity index (χ0) is 23.9. The van der Waals surface area contributed by atoms with Gasteiger partial charge in [-0.3, -0.25) is 4.72 Å². The Balaban J connectivity index is 1.46. The van der Waals surface area contributed by atoms with Crippen molar-refractivity contribution in [3.8, 4) is 5.75 Å². The van der Waals surface area contributed by atoms with Crippen LogP contribution in [0.2, 0.25) is 5.02 Å². The highest BCUT2D eigenvalue weighted by Gasteiger charge is 2.38. The van der Waals surface area contributed by atoms with Crippen molar-refractivity contribution in [2.75, 3.05) is 16.6 Å². The fraction of sp³-hybridized carbons (Fsp3) is 0.259. The molecule has 1 aliphatic carbocycles. The first-order chi connectivity index (χ1) is 16.4.